The average molecular weight is 278 g/mol. The first kappa shape index (κ1) is 8.62. The molecule has 0 fully saturated rings. The van der Waals surface area contributed by atoms with Crippen LogP contribution in [-0.4, -0.2) is 5.16 Å². The third-order valence-electron chi connectivity index (χ3n) is 0.960. The van der Waals surface area contributed by atoms with E-state index >= 15 is 0 Å². The minimum atomic E-state index is -4.49. The van der Waals surface area contributed by atoms with Crippen molar-refractivity contribution in [2.24, 2.45) is 0 Å². The third kappa shape index (κ3) is 1.57. The van der Waals surface area contributed by atoms with Gasteiger partial charge in [0.25, 0.3) is 0 Å². The van der Waals surface area contributed by atoms with Crippen LogP contribution in [0.15, 0.2) is 4.52 Å². The Kier molecular flexibility index (Phi) is 1.99. The summed E-state index contributed by atoms with van der Waals surface area (Å²) in [7, 11) is 0. The van der Waals surface area contributed by atoms with Crippen LogP contribution in [0.25, 0.3) is 0 Å². The number of hydrogen-bond donors (Lipinski definition) is 1. The number of nitrogens with two attached hydrogens (primary N) is 1. The topological polar surface area (TPSA) is 52.0 Å². The molecule has 0 aliphatic rings. The molecule has 0 saturated carbocycles. The van der Waals surface area contributed by atoms with Crippen LogP contribution >= 0.6 is 22.6 Å². The van der Waals surface area contributed by atoms with Gasteiger partial charge in [0, 0.05) is 0 Å². The predicted octanol–water partition coefficient (Wildman–Crippen LogP) is 1.88. The van der Waals surface area contributed by atoms with E-state index in [1.54, 1.807) is 0 Å². The lowest BCUT2D eigenvalue weighted by molar-refractivity contribution is -0.137. The summed E-state index contributed by atoms with van der Waals surface area (Å²) in [5.41, 5.74) is 3.87. The predicted molar refractivity (Wildman–Crippen MR) is 38.6 cm³/mol. The fourth-order valence-electron chi connectivity index (χ4n) is 0.539. The summed E-state index contributed by atoms with van der Waals surface area (Å²) in [5.74, 6) is -0.693. The lowest BCUT2D eigenvalue weighted by atomic mass is 10.3. The first-order valence-corrected chi connectivity index (χ1v) is 3.48. The molecule has 1 aromatic rings. The van der Waals surface area contributed by atoms with Gasteiger partial charge in [-0.05, 0) is 22.6 Å². The lowest BCUT2D eigenvalue weighted by Gasteiger charge is -2.02. The highest BCUT2D eigenvalue weighted by Crippen LogP contribution is 2.36. The number of aromatic nitrogens is 1. The third-order valence-corrected chi connectivity index (χ3v) is 1.70. The summed E-state index contributed by atoms with van der Waals surface area (Å²) >= 11 is 1.40. The normalized spacial score (nSPS) is 12.0. The van der Waals surface area contributed by atoms with E-state index < -0.39 is 17.6 Å². The summed E-state index contributed by atoms with van der Waals surface area (Å²) in [6.45, 7) is 0. The van der Waals surface area contributed by atoms with Crippen LogP contribution in [0.1, 0.15) is 5.56 Å². The van der Waals surface area contributed by atoms with Crippen molar-refractivity contribution in [1.82, 2.24) is 5.16 Å². The molecule has 0 aromatic carbocycles. The maximum atomic E-state index is 12.0. The van der Waals surface area contributed by atoms with Crippen LogP contribution in [0.3, 0.4) is 0 Å². The molecule has 1 heterocycles. The lowest BCUT2D eigenvalue weighted by Crippen LogP contribution is -2.08. The number of alkyl halides is 3. The smallest absolute Gasteiger partial charge is 0.367 e. The molecule has 0 aliphatic carbocycles. The molecule has 0 amide bonds. The molecule has 0 saturated heterocycles. The Morgan fingerprint density at radius 3 is 2.18 bits per heavy atom. The van der Waals surface area contributed by atoms with Gasteiger partial charge in [-0.2, -0.15) is 13.2 Å². The van der Waals surface area contributed by atoms with Gasteiger partial charge in [-0.1, -0.05) is 5.16 Å². The Bertz CT molecular complexity index is 249. The van der Waals surface area contributed by atoms with Gasteiger partial charge >= 0.3 is 6.18 Å². The maximum absolute atomic E-state index is 12.0. The first-order chi connectivity index (χ1) is 4.93. The van der Waals surface area contributed by atoms with Gasteiger partial charge in [-0.3, -0.25) is 0 Å². The van der Waals surface area contributed by atoms with Gasteiger partial charge in [0.05, 0.1) is 0 Å². The maximum Gasteiger partial charge on any atom is 0.424 e. The van der Waals surface area contributed by atoms with E-state index in [0.29, 0.717) is 0 Å². The fraction of sp³-hybridized carbons (Fsp3) is 0.250. The molecule has 1 rings (SSSR count). The molecule has 0 unspecified atom stereocenters. The van der Waals surface area contributed by atoms with Crippen molar-refractivity contribution in [3.63, 3.8) is 0 Å². The average Bonchev–Trinajstić information content (AvgIpc) is 2.08. The molecule has 2 N–H and O–H groups in total. The minimum Gasteiger partial charge on any atom is -0.367 e. The second-order valence-corrected chi connectivity index (χ2v) is 2.73. The molecule has 0 bridgehead atoms. The quantitative estimate of drug-likeness (QED) is 0.737. The largest absolute Gasteiger partial charge is 0.424 e. The van der Waals surface area contributed by atoms with E-state index in [9.17, 15) is 13.2 Å². The summed E-state index contributed by atoms with van der Waals surface area (Å²) in [5, 5.41) is 3.05. The van der Waals surface area contributed by atoms with Crippen molar-refractivity contribution in [3.8, 4) is 0 Å². The Morgan fingerprint density at radius 2 is 2.00 bits per heavy atom. The molecule has 11 heavy (non-hydrogen) atoms. The van der Waals surface area contributed by atoms with Crippen LogP contribution in [-0.2, 0) is 6.18 Å². The number of nitrogens with zero attached hydrogens (tertiary/aromatic N) is 1. The van der Waals surface area contributed by atoms with Gasteiger partial charge in [0.15, 0.2) is 9.26 Å². The molecule has 0 radical (unpaired) electrons. The monoisotopic (exact) mass is 278 g/mol. The highest BCUT2D eigenvalue weighted by atomic mass is 127. The summed E-state index contributed by atoms with van der Waals surface area (Å²) in [6.07, 6.45) is -4.49. The van der Waals surface area contributed by atoms with E-state index in [4.69, 9.17) is 5.73 Å². The van der Waals surface area contributed by atoms with Gasteiger partial charge in [0.1, 0.15) is 0 Å². The van der Waals surface area contributed by atoms with Crippen molar-refractivity contribution in [3.05, 3.63) is 9.26 Å². The number of anilines is 1. The molecule has 7 heteroatoms. The first-order valence-electron chi connectivity index (χ1n) is 2.40. The van der Waals surface area contributed by atoms with Crippen LogP contribution in [0, 0.1) is 3.70 Å². The number of nitrogen functional groups attached to an aromatic ring is 1. The second-order valence-electron chi connectivity index (χ2n) is 1.71. The van der Waals surface area contributed by atoms with E-state index in [1.807, 2.05) is 0 Å². The zero-order chi connectivity index (χ0) is 8.65. The standard InChI is InChI=1S/C4H2F3IN2O/c5-4(6,7)1-2(8)10-11-3(1)9/h9H2. The van der Waals surface area contributed by atoms with E-state index in [-0.39, 0.29) is 3.70 Å². The molecule has 0 atom stereocenters. The Balaban J connectivity index is 3.21. The van der Waals surface area contributed by atoms with Crippen molar-refractivity contribution in [2.75, 3.05) is 5.73 Å². The molecular weight excluding hydrogens is 276 g/mol. The summed E-state index contributed by atoms with van der Waals surface area (Å²) in [6, 6.07) is 0. The van der Waals surface area contributed by atoms with Crippen LogP contribution in [0.2, 0.25) is 0 Å². The zero-order valence-electron chi connectivity index (χ0n) is 4.94. The van der Waals surface area contributed by atoms with Crippen LogP contribution in [0.5, 0.6) is 0 Å². The molecule has 0 aliphatic heterocycles. The minimum absolute atomic E-state index is 0.271. The van der Waals surface area contributed by atoms with E-state index in [2.05, 4.69) is 9.68 Å². The van der Waals surface area contributed by atoms with E-state index in [0.717, 1.165) is 0 Å². The van der Waals surface area contributed by atoms with Gasteiger partial charge in [-0.25, -0.2) is 0 Å². The van der Waals surface area contributed by atoms with Crippen molar-refractivity contribution in [1.29, 1.82) is 0 Å². The molecule has 0 spiro atoms. The van der Waals surface area contributed by atoms with E-state index in [1.165, 1.54) is 22.6 Å². The fourth-order valence-corrected chi connectivity index (χ4v) is 1.21. The SMILES string of the molecule is Nc1onc(I)c1C(F)(F)F. The van der Waals surface area contributed by atoms with Crippen molar-refractivity contribution >= 4 is 28.5 Å². The highest BCUT2D eigenvalue weighted by molar-refractivity contribution is 14.1. The molecule has 3 nitrogen and oxygen atoms in total. The van der Waals surface area contributed by atoms with Gasteiger partial charge in [-0.15, -0.1) is 0 Å². The number of rotatable bonds is 0. The Hall–Kier alpha value is -0.470. The van der Waals surface area contributed by atoms with Crippen molar-refractivity contribution < 1.29 is 17.7 Å². The summed E-state index contributed by atoms with van der Waals surface area (Å²) in [4.78, 5) is 0. The van der Waals surface area contributed by atoms with Crippen LogP contribution < -0.4 is 5.73 Å². The summed E-state index contributed by atoms with van der Waals surface area (Å²) < 4.78 is 39.7. The van der Waals surface area contributed by atoms with Crippen molar-refractivity contribution in [2.45, 2.75) is 6.18 Å². The Labute approximate surface area is 72.9 Å². The van der Waals surface area contributed by atoms with Crippen LogP contribution in [0.4, 0.5) is 19.1 Å². The molecule has 62 valence electrons. The zero-order valence-corrected chi connectivity index (χ0v) is 7.10. The molecular formula is C4H2F3IN2O. The number of hydrogen-bond acceptors (Lipinski definition) is 3. The highest BCUT2D eigenvalue weighted by Gasteiger charge is 2.39. The number of halogens is 4. The van der Waals surface area contributed by atoms with Gasteiger partial charge < -0.3 is 10.3 Å². The Morgan fingerprint density at radius 1 is 1.45 bits per heavy atom. The second kappa shape index (κ2) is 2.54. The van der Waals surface area contributed by atoms with Gasteiger partial charge in [0.2, 0.25) is 5.88 Å². The molecule has 1 aromatic heterocycles.